The van der Waals surface area contributed by atoms with Crippen LogP contribution >= 0.6 is 0 Å². The first-order valence-corrected chi connectivity index (χ1v) is 13.5. The highest BCUT2D eigenvalue weighted by Gasteiger charge is 2.21. The molecule has 0 radical (unpaired) electrons. The lowest BCUT2D eigenvalue weighted by atomic mass is 9.86. The van der Waals surface area contributed by atoms with Crippen LogP contribution in [0.15, 0.2) is 134 Å². The predicted molar refractivity (Wildman–Crippen MR) is 167 cm³/mol. The van der Waals surface area contributed by atoms with E-state index in [9.17, 15) is 9.59 Å². The molecule has 0 aliphatic carbocycles. The quantitative estimate of drug-likeness (QED) is 0.127. The van der Waals surface area contributed by atoms with Gasteiger partial charge in [-0.05, 0) is 57.6 Å². The molecule has 4 nitrogen and oxygen atoms in total. The molecule has 0 saturated heterocycles. The second kappa shape index (κ2) is 8.77. The van der Waals surface area contributed by atoms with Crippen LogP contribution < -0.4 is 11.3 Å². The molecule has 0 spiro atoms. The zero-order valence-corrected chi connectivity index (χ0v) is 22.1. The molecule has 8 aromatic rings. The van der Waals surface area contributed by atoms with Crippen molar-refractivity contribution >= 4 is 54.3 Å². The molecule has 0 aliphatic rings. The van der Waals surface area contributed by atoms with Crippen LogP contribution in [0.5, 0.6) is 0 Å². The van der Waals surface area contributed by atoms with E-state index >= 15 is 0 Å². The third kappa shape index (κ3) is 3.54. The summed E-state index contributed by atoms with van der Waals surface area (Å²) in [7, 11) is 0. The molecule has 0 fully saturated rings. The number of benzene rings is 6. The summed E-state index contributed by atoms with van der Waals surface area (Å²) in [6.07, 6.45) is 0. The Morgan fingerprint density at radius 3 is 1.59 bits per heavy atom. The third-order valence-electron chi connectivity index (χ3n) is 7.99. The van der Waals surface area contributed by atoms with Crippen LogP contribution in [-0.4, -0.2) is 0 Å². The molecule has 194 valence electrons. The van der Waals surface area contributed by atoms with Gasteiger partial charge in [-0.25, -0.2) is 9.59 Å². The number of aryl methyl sites for hydroxylation is 1. The van der Waals surface area contributed by atoms with Gasteiger partial charge in [-0.1, -0.05) is 97.1 Å². The van der Waals surface area contributed by atoms with Gasteiger partial charge in [-0.2, -0.15) is 0 Å². The standard InChI is InChI=1S/C37H22O4/c1-21-14-15-23-19-30(36(38)40-32(23)18-21)33-26-10-4-6-12-28(26)34(29-13-7-5-11-27(29)33)31-20-24-17-16-22-8-2-3-9-25(22)35(24)41-37(31)39/h2-20H,1H3. The van der Waals surface area contributed by atoms with Crippen LogP contribution in [0.25, 0.3) is 76.5 Å². The molecule has 0 saturated carbocycles. The molecule has 2 heterocycles. The Hall–Kier alpha value is -5.48. The van der Waals surface area contributed by atoms with Crippen molar-refractivity contribution < 1.29 is 8.83 Å². The molecule has 0 bridgehead atoms. The summed E-state index contributed by atoms with van der Waals surface area (Å²) >= 11 is 0. The maximum Gasteiger partial charge on any atom is 0.344 e. The van der Waals surface area contributed by atoms with E-state index in [0.29, 0.717) is 22.3 Å². The summed E-state index contributed by atoms with van der Waals surface area (Å²) in [5.74, 6) is 0. The van der Waals surface area contributed by atoms with Crippen LogP contribution in [0.4, 0.5) is 0 Å². The summed E-state index contributed by atoms with van der Waals surface area (Å²) in [5, 5.41) is 7.05. The van der Waals surface area contributed by atoms with Crippen molar-refractivity contribution in [3.8, 4) is 22.3 Å². The van der Waals surface area contributed by atoms with E-state index in [1.807, 2.05) is 122 Å². The van der Waals surface area contributed by atoms with Crippen LogP contribution in [0.3, 0.4) is 0 Å². The molecule has 0 aliphatic heterocycles. The zero-order valence-electron chi connectivity index (χ0n) is 22.1. The summed E-state index contributed by atoms with van der Waals surface area (Å²) in [5.41, 5.74) is 3.88. The van der Waals surface area contributed by atoms with E-state index in [2.05, 4.69) is 0 Å². The van der Waals surface area contributed by atoms with Crippen molar-refractivity contribution in [2.24, 2.45) is 0 Å². The van der Waals surface area contributed by atoms with Crippen LogP contribution in [-0.2, 0) is 0 Å². The monoisotopic (exact) mass is 530 g/mol. The van der Waals surface area contributed by atoms with Crippen molar-refractivity contribution in [1.29, 1.82) is 0 Å². The molecule has 41 heavy (non-hydrogen) atoms. The fraction of sp³-hybridized carbons (Fsp3) is 0.0270. The Kier molecular flexibility index (Phi) is 5.01. The van der Waals surface area contributed by atoms with Crippen molar-refractivity contribution in [2.75, 3.05) is 0 Å². The highest BCUT2D eigenvalue weighted by Crippen LogP contribution is 2.43. The van der Waals surface area contributed by atoms with Gasteiger partial charge in [0.15, 0.2) is 0 Å². The molecule has 2 aromatic heterocycles. The fourth-order valence-corrected chi connectivity index (χ4v) is 6.13. The molecular weight excluding hydrogens is 508 g/mol. The Bertz CT molecular complexity index is 2420. The minimum absolute atomic E-state index is 0.400. The fourth-order valence-electron chi connectivity index (χ4n) is 6.13. The van der Waals surface area contributed by atoms with Gasteiger partial charge in [-0.15, -0.1) is 0 Å². The van der Waals surface area contributed by atoms with Crippen molar-refractivity contribution in [1.82, 2.24) is 0 Å². The number of hydrogen-bond donors (Lipinski definition) is 0. The minimum Gasteiger partial charge on any atom is -0.422 e. The summed E-state index contributed by atoms with van der Waals surface area (Å²) < 4.78 is 11.9. The van der Waals surface area contributed by atoms with Gasteiger partial charge in [0, 0.05) is 27.3 Å². The maximum absolute atomic E-state index is 13.7. The molecule has 0 unspecified atom stereocenters. The smallest absolute Gasteiger partial charge is 0.344 e. The highest BCUT2D eigenvalue weighted by atomic mass is 16.4. The van der Waals surface area contributed by atoms with Gasteiger partial charge in [0.2, 0.25) is 0 Å². The molecule has 8 rings (SSSR count). The summed E-state index contributed by atoms with van der Waals surface area (Å²) in [6.45, 7) is 1.97. The lowest BCUT2D eigenvalue weighted by Gasteiger charge is -2.17. The average Bonchev–Trinajstić information content (AvgIpc) is 2.99. The SMILES string of the molecule is Cc1ccc2cc(-c3c4ccccc4c(-c4cc5ccc6ccccc6c5oc4=O)c4ccccc34)c(=O)oc2c1. The Balaban J connectivity index is 1.49. The predicted octanol–water partition coefficient (Wildman–Crippen LogP) is 9.00. The van der Waals surface area contributed by atoms with E-state index in [1.54, 1.807) is 0 Å². The van der Waals surface area contributed by atoms with Gasteiger partial charge in [0.05, 0.1) is 11.1 Å². The average molecular weight is 531 g/mol. The topological polar surface area (TPSA) is 60.4 Å². The van der Waals surface area contributed by atoms with Crippen molar-refractivity contribution in [3.63, 3.8) is 0 Å². The first-order chi connectivity index (χ1) is 20.1. The largest absolute Gasteiger partial charge is 0.422 e. The van der Waals surface area contributed by atoms with E-state index in [4.69, 9.17) is 8.83 Å². The van der Waals surface area contributed by atoms with E-state index in [0.717, 1.165) is 59.8 Å². The molecule has 4 heteroatoms. The Morgan fingerprint density at radius 2 is 0.951 bits per heavy atom. The number of fused-ring (bicyclic) bond motifs is 6. The lowest BCUT2D eigenvalue weighted by Crippen LogP contribution is -2.06. The second-order valence-electron chi connectivity index (χ2n) is 10.5. The zero-order chi connectivity index (χ0) is 27.7. The first-order valence-electron chi connectivity index (χ1n) is 13.5. The van der Waals surface area contributed by atoms with Gasteiger partial charge in [0.1, 0.15) is 11.2 Å². The third-order valence-corrected chi connectivity index (χ3v) is 7.99. The van der Waals surface area contributed by atoms with Gasteiger partial charge >= 0.3 is 11.3 Å². The van der Waals surface area contributed by atoms with E-state index in [-0.39, 0.29) is 0 Å². The lowest BCUT2D eigenvalue weighted by molar-refractivity contribution is 0.563. The summed E-state index contributed by atoms with van der Waals surface area (Å²) in [4.78, 5) is 27.2. The minimum atomic E-state index is -0.405. The highest BCUT2D eigenvalue weighted by molar-refractivity contribution is 6.22. The van der Waals surface area contributed by atoms with Crippen LogP contribution in [0, 0.1) is 6.92 Å². The second-order valence-corrected chi connectivity index (χ2v) is 10.5. The molecule has 0 N–H and O–H groups in total. The van der Waals surface area contributed by atoms with Crippen LogP contribution in [0.1, 0.15) is 5.56 Å². The van der Waals surface area contributed by atoms with E-state index in [1.165, 1.54) is 0 Å². The van der Waals surface area contributed by atoms with Gasteiger partial charge in [-0.3, -0.25) is 0 Å². The first kappa shape index (κ1) is 23.4. The molecule has 6 aromatic carbocycles. The van der Waals surface area contributed by atoms with Crippen LogP contribution in [0.2, 0.25) is 0 Å². The molecular formula is C37H22O4. The van der Waals surface area contributed by atoms with E-state index < -0.39 is 11.3 Å². The molecule has 0 atom stereocenters. The summed E-state index contributed by atoms with van der Waals surface area (Å²) in [6, 6.07) is 37.4. The Labute approximate surface area is 233 Å². The van der Waals surface area contributed by atoms with Gasteiger partial charge < -0.3 is 8.83 Å². The Morgan fingerprint density at radius 1 is 0.463 bits per heavy atom. The maximum atomic E-state index is 13.7. The van der Waals surface area contributed by atoms with Crippen molar-refractivity contribution in [2.45, 2.75) is 6.92 Å². The van der Waals surface area contributed by atoms with Gasteiger partial charge in [0.25, 0.3) is 0 Å². The number of rotatable bonds is 2. The van der Waals surface area contributed by atoms with Crippen molar-refractivity contribution in [3.05, 3.63) is 142 Å². The molecule has 0 amide bonds. The number of hydrogen-bond acceptors (Lipinski definition) is 4. The normalized spacial score (nSPS) is 11.7.